The average Bonchev–Trinajstić information content (AvgIpc) is 3.35. The van der Waals surface area contributed by atoms with Crippen molar-refractivity contribution < 1.29 is 18.6 Å². The van der Waals surface area contributed by atoms with Gasteiger partial charge in [0.15, 0.2) is 11.2 Å². The second-order valence-electron chi connectivity index (χ2n) is 7.19. The number of amides is 1. The van der Waals surface area contributed by atoms with Crippen LogP contribution in [-0.2, 0) is 11.3 Å². The Kier molecular flexibility index (Phi) is 6.03. The van der Waals surface area contributed by atoms with Gasteiger partial charge in [-0.3, -0.25) is 5.32 Å². The molecular formula is C24H22N4O4. The molecule has 0 radical (unpaired) electrons. The van der Waals surface area contributed by atoms with Crippen molar-refractivity contribution >= 4 is 39.4 Å². The maximum absolute atomic E-state index is 11.7. The number of carbonyl (C=O) groups excluding carboxylic acids is 1. The highest BCUT2D eigenvalue weighted by molar-refractivity contribution is 5.89. The van der Waals surface area contributed by atoms with Crippen LogP contribution in [0.15, 0.2) is 75.8 Å². The molecule has 2 aromatic heterocycles. The summed E-state index contributed by atoms with van der Waals surface area (Å²) in [6, 6.07) is 20.4. The third kappa shape index (κ3) is 4.86. The number of ether oxygens (including phenoxy) is 1. The van der Waals surface area contributed by atoms with Crippen molar-refractivity contribution in [2.75, 3.05) is 11.1 Å². The number of nitrogen functional groups attached to an aromatic ring is 1. The maximum atomic E-state index is 11.7. The lowest BCUT2D eigenvalue weighted by atomic mass is 10.2. The van der Waals surface area contributed by atoms with Gasteiger partial charge in [-0.1, -0.05) is 40.6 Å². The fourth-order valence-corrected chi connectivity index (χ4v) is 3.10. The summed E-state index contributed by atoms with van der Waals surface area (Å²) in [6.07, 6.45) is -0.505. The van der Waals surface area contributed by atoms with Crippen molar-refractivity contribution in [2.24, 2.45) is 0 Å². The number of nitrogens with one attached hydrogen (secondary N) is 1. The van der Waals surface area contributed by atoms with Crippen LogP contribution in [0.4, 0.5) is 16.2 Å². The van der Waals surface area contributed by atoms with Crippen LogP contribution in [0, 0.1) is 13.8 Å². The summed E-state index contributed by atoms with van der Waals surface area (Å²) in [7, 11) is 0. The number of hydrogen-bond acceptors (Lipinski definition) is 7. The predicted octanol–water partition coefficient (Wildman–Crippen LogP) is 5.60. The summed E-state index contributed by atoms with van der Waals surface area (Å²) in [4.78, 5) is 11.7. The molecule has 0 saturated carbocycles. The molecular weight excluding hydrogens is 408 g/mol. The van der Waals surface area contributed by atoms with Crippen molar-refractivity contribution in [1.82, 2.24) is 10.3 Å². The zero-order chi connectivity index (χ0) is 22.5. The Morgan fingerprint density at radius 2 is 1.53 bits per heavy atom. The van der Waals surface area contributed by atoms with E-state index in [1.165, 1.54) is 0 Å². The lowest BCUT2D eigenvalue weighted by molar-refractivity contribution is 0.155. The summed E-state index contributed by atoms with van der Waals surface area (Å²) in [5.74, 6) is 0. The van der Waals surface area contributed by atoms with Crippen LogP contribution in [0.1, 0.15) is 17.0 Å². The van der Waals surface area contributed by atoms with Crippen LogP contribution < -0.4 is 11.1 Å². The zero-order valence-electron chi connectivity index (χ0n) is 17.7. The van der Waals surface area contributed by atoms with Crippen molar-refractivity contribution in [3.8, 4) is 0 Å². The Balaban J connectivity index is 0.000000186. The van der Waals surface area contributed by atoms with Crippen LogP contribution in [0.3, 0.4) is 0 Å². The molecule has 32 heavy (non-hydrogen) atoms. The predicted molar refractivity (Wildman–Crippen MR) is 122 cm³/mol. The summed E-state index contributed by atoms with van der Waals surface area (Å²) in [6.45, 7) is 4.01. The Morgan fingerprint density at radius 1 is 0.906 bits per heavy atom. The molecule has 0 atom stereocenters. The maximum Gasteiger partial charge on any atom is 0.411 e. The van der Waals surface area contributed by atoms with E-state index in [9.17, 15) is 4.79 Å². The van der Waals surface area contributed by atoms with Crippen molar-refractivity contribution in [2.45, 2.75) is 20.5 Å². The number of fused-ring (bicyclic) bond motifs is 2. The smallest absolute Gasteiger partial charge is 0.411 e. The van der Waals surface area contributed by atoms with Crippen molar-refractivity contribution in [3.63, 3.8) is 0 Å². The average molecular weight is 430 g/mol. The van der Waals surface area contributed by atoms with Crippen molar-refractivity contribution in [3.05, 3.63) is 83.7 Å². The van der Waals surface area contributed by atoms with Gasteiger partial charge in [0.25, 0.3) is 0 Å². The highest BCUT2D eigenvalue weighted by Gasteiger charge is 2.08. The van der Waals surface area contributed by atoms with Gasteiger partial charge < -0.3 is 19.5 Å². The van der Waals surface area contributed by atoms with Crippen LogP contribution in [0.25, 0.3) is 21.9 Å². The molecule has 0 saturated heterocycles. The lowest BCUT2D eigenvalue weighted by Crippen LogP contribution is -2.13. The third-order valence-electron chi connectivity index (χ3n) is 4.79. The van der Waals surface area contributed by atoms with Gasteiger partial charge in [0, 0.05) is 34.3 Å². The van der Waals surface area contributed by atoms with Gasteiger partial charge >= 0.3 is 6.09 Å². The number of nitrogens with zero attached hydrogens (tertiary/aromatic N) is 2. The minimum atomic E-state index is -0.505. The number of carbonyl (C=O) groups is 1. The summed E-state index contributed by atoms with van der Waals surface area (Å²) >= 11 is 0. The Bertz CT molecular complexity index is 1360. The number of benzene rings is 3. The van der Waals surface area contributed by atoms with E-state index in [2.05, 4.69) is 15.6 Å². The Hall–Kier alpha value is -4.33. The van der Waals surface area contributed by atoms with Crippen LogP contribution in [0.5, 0.6) is 0 Å². The zero-order valence-corrected chi connectivity index (χ0v) is 17.7. The molecule has 162 valence electrons. The van der Waals surface area contributed by atoms with Gasteiger partial charge in [-0.15, -0.1) is 0 Å². The number of anilines is 2. The van der Waals surface area contributed by atoms with Gasteiger partial charge in [0.1, 0.15) is 6.61 Å². The third-order valence-corrected chi connectivity index (χ3v) is 4.79. The number of hydrogen-bond donors (Lipinski definition) is 2. The van der Waals surface area contributed by atoms with Gasteiger partial charge in [-0.25, -0.2) is 4.79 Å². The molecule has 0 spiro atoms. The molecule has 0 aliphatic carbocycles. The molecule has 5 rings (SSSR count). The topological polar surface area (TPSA) is 116 Å². The molecule has 3 N–H and O–H groups in total. The summed E-state index contributed by atoms with van der Waals surface area (Å²) in [5, 5.41) is 12.3. The quantitative estimate of drug-likeness (QED) is 0.358. The fraction of sp³-hybridized carbons (Fsp3) is 0.125. The standard InChI is InChI=1S/C16H14N2O3.C8H8N2O/c1-11-14-8-7-13(9-15(14)21-18-11)17-16(19)20-10-12-5-3-2-4-6-12;1-5-7-3-2-6(9)4-8(7)11-10-5/h2-9H,10H2,1H3,(H,17,19);2-4H,9H2,1H3. The molecule has 1 amide bonds. The van der Waals surface area contributed by atoms with E-state index < -0.39 is 6.09 Å². The van der Waals surface area contributed by atoms with Crippen LogP contribution in [-0.4, -0.2) is 16.4 Å². The van der Waals surface area contributed by atoms with E-state index in [1.807, 2.05) is 62.4 Å². The van der Waals surface area contributed by atoms with E-state index in [1.54, 1.807) is 18.2 Å². The fourth-order valence-electron chi connectivity index (χ4n) is 3.10. The molecule has 0 fully saturated rings. The monoisotopic (exact) mass is 430 g/mol. The van der Waals surface area contributed by atoms with Gasteiger partial charge in [-0.05, 0) is 43.7 Å². The second kappa shape index (κ2) is 9.22. The van der Waals surface area contributed by atoms with E-state index >= 15 is 0 Å². The second-order valence-corrected chi connectivity index (χ2v) is 7.19. The molecule has 8 nitrogen and oxygen atoms in total. The molecule has 0 unspecified atom stereocenters. The molecule has 8 heteroatoms. The molecule has 0 aliphatic rings. The number of aryl methyl sites for hydroxylation is 2. The van der Waals surface area contributed by atoms with Crippen molar-refractivity contribution in [1.29, 1.82) is 0 Å². The van der Waals surface area contributed by atoms with E-state index in [0.717, 1.165) is 33.3 Å². The molecule has 0 aliphatic heterocycles. The lowest BCUT2D eigenvalue weighted by Gasteiger charge is -2.06. The summed E-state index contributed by atoms with van der Waals surface area (Å²) in [5.41, 5.74) is 10.9. The van der Waals surface area contributed by atoms with E-state index in [-0.39, 0.29) is 6.61 Å². The first-order valence-corrected chi connectivity index (χ1v) is 9.95. The first-order chi connectivity index (χ1) is 15.5. The van der Waals surface area contributed by atoms with Gasteiger partial charge in [-0.2, -0.15) is 0 Å². The normalized spacial score (nSPS) is 10.6. The minimum Gasteiger partial charge on any atom is -0.444 e. The van der Waals surface area contributed by atoms with Crippen LogP contribution in [0.2, 0.25) is 0 Å². The minimum absolute atomic E-state index is 0.232. The molecule has 3 aromatic carbocycles. The van der Waals surface area contributed by atoms with E-state index in [4.69, 9.17) is 19.5 Å². The molecule has 2 heterocycles. The SMILES string of the molecule is Cc1noc2cc(N)ccc12.Cc1noc2cc(NC(=O)OCc3ccccc3)ccc12. The Labute approximate surface area is 183 Å². The van der Waals surface area contributed by atoms with Gasteiger partial charge in [0.2, 0.25) is 0 Å². The number of nitrogens with two attached hydrogens (primary N) is 1. The first-order valence-electron chi connectivity index (χ1n) is 9.95. The molecule has 0 bridgehead atoms. The van der Waals surface area contributed by atoms with Crippen LogP contribution >= 0.6 is 0 Å². The first kappa shape index (κ1) is 20.9. The highest BCUT2D eigenvalue weighted by atomic mass is 16.5. The number of rotatable bonds is 3. The van der Waals surface area contributed by atoms with E-state index in [0.29, 0.717) is 17.0 Å². The number of aromatic nitrogens is 2. The Morgan fingerprint density at radius 3 is 2.22 bits per heavy atom. The summed E-state index contributed by atoms with van der Waals surface area (Å²) < 4.78 is 15.3. The highest BCUT2D eigenvalue weighted by Crippen LogP contribution is 2.22. The molecule has 5 aromatic rings. The largest absolute Gasteiger partial charge is 0.444 e. The van der Waals surface area contributed by atoms with Gasteiger partial charge in [0.05, 0.1) is 11.4 Å².